The molecule has 0 atom stereocenters. The summed E-state index contributed by atoms with van der Waals surface area (Å²) in [6.07, 6.45) is 4.66. The second-order valence-corrected chi connectivity index (χ2v) is 8.10. The normalized spacial score (nSPS) is 14.5. The summed E-state index contributed by atoms with van der Waals surface area (Å²) in [5.74, 6) is 0.544. The first-order valence-electron chi connectivity index (χ1n) is 10.6. The van der Waals surface area contributed by atoms with E-state index in [1.807, 2.05) is 56.3 Å². The number of nitrogens with one attached hydrogen (secondary N) is 1. The van der Waals surface area contributed by atoms with Crippen molar-refractivity contribution in [3.05, 3.63) is 63.9 Å². The second-order valence-electron chi connectivity index (χ2n) is 8.10. The van der Waals surface area contributed by atoms with Crippen molar-refractivity contribution in [2.75, 3.05) is 23.3 Å². The number of carbonyl (C=O) groups is 1. The Balaban J connectivity index is 1.68. The lowest BCUT2D eigenvalue weighted by Gasteiger charge is -2.23. The van der Waals surface area contributed by atoms with Crippen LogP contribution >= 0.6 is 0 Å². The molecular formula is C24H28N4O2. The maximum Gasteiger partial charge on any atom is 0.275 e. The van der Waals surface area contributed by atoms with Gasteiger partial charge in [-0.05, 0) is 49.9 Å². The van der Waals surface area contributed by atoms with E-state index in [0.29, 0.717) is 5.39 Å². The maximum absolute atomic E-state index is 13.0. The Morgan fingerprint density at radius 2 is 1.70 bits per heavy atom. The highest BCUT2D eigenvalue weighted by atomic mass is 16.2. The molecule has 1 N–H and O–H groups in total. The minimum absolute atomic E-state index is 0.113. The second kappa shape index (κ2) is 8.69. The van der Waals surface area contributed by atoms with E-state index in [4.69, 9.17) is 0 Å². The van der Waals surface area contributed by atoms with Gasteiger partial charge in [0.05, 0.1) is 5.39 Å². The van der Waals surface area contributed by atoms with Gasteiger partial charge in [0.15, 0.2) is 5.82 Å². The topological polar surface area (TPSA) is 67.2 Å². The van der Waals surface area contributed by atoms with Crippen LogP contribution in [0.15, 0.2) is 47.3 Å². The molecule has 0 bridgehead atoms. The molecule has 0 spiro atoms. The van der Waals surface area contributed by atoms with Crippen LogP contribution in [0.3, 0.4) is 0 Å². The summed E-state index contributed by atoms with van der Waals surface area (Å²) in [5.41, 5.74) is 2.58. The number of carbonyl (C=O) groups excluding carboxylic acids is 1. The number of hydrogen-bond donors (Lipinski definition) is 1. The summed E-state index contributed by atoms with van der Waals surface area (Å²) in [7, 11) is 0. The van der Waals surface area contributed by atoms with Crippen molar-refractivity contribution >= 4 is 28.2 Å². The van der Waals surface area contributed by atoms with Crippen LogP contribution in [0.4, 0.5) is 11.5 Å². The van der Waals surface area contributed by atoms with Crippen LogP contribution in [0.2, 0.25) is 0 Å². The fourth-order valence-electron chi connectivity index (χ4n) is 4.04. The number of rotatable bonds is 4. The molecule has 2 heterocycles. The molecule has 6 nitrogen and oxygen atoms in total. The van der Waals surface area contributed by atoms with Crippen molar-refractivity contribution < 1.29 is 4.79 Å². The first-order valence-corrected chi connectivity index (χ1v) is 10.6. The Kier molecular flexibility index (Phi) is 5.84. The monoisotopic (exact) mass is 404 g/mol. The molecule has 1 aliphatic rings. The van der Waals surface area contributed by atoms with Crippen molar-refractivity contribution in [1.29, 1.82) is 0 Å². The minimum atomic E-state index is -0.254. The van der Waals surface area contributed by atoms with Gasteiger partial charge >= 0.3 is 0 Å². The first kappa shape index (κ1) is 20.1. The molecule has 30 heavy (non-hydrogen) atoms. The smallest absolute Gasteiger partial charge is 0.275 e. The number of aromatic nitrogens is 2. The molecule has 3 aromatic rings. The molecule has 1 aliphatic heterocycles. The molecule has 1 amide bonds. The Morgan fingerprint density at radius 1 is 1.00 bits per heavy atom. The molecule has 1 saturated heterocycles. The van der Waals surface area contributed by atoms with E-state index >= 15 is 0 Å². The van der Waals surface area contributed by atoms with Gasteiger partial charge in [-0.3, -0.25) is 9.59 Å². The SMILES string of the molecule is Cc1ccc(C)c(NC(=O)Cn2nc(N3CCCCCC3)c3ccccc3c2=O)c1. The summed E-state index contributed by atoms with van der Waals surface area (Å²) < 4.78 is 1.31. The lowest BCUT2D eigenvalue weighted by molar-refractivity contribution is -0.117. The van der Waals surface area contributed by atoms with E-state index in [1.165, 1.54) is 17.5 Å². The molecule has 2 aromatic carbocycles. The number of hydrogen-bond acceptors (Lipinski definition) is 4. The largest absolute Gasteiger partial charge is 0.355 e. The molecule has 0 unspecified atom stereocenters. The Morgan fingerprint density at radius 3 is 2.43 bits per heavy atom. The van der Waals surface area contributed by atoms with Gasteiger partial charge in [-0.25, -0.2) is 4.68 Å². The number of fused-ring (bicyclic) bond motifs is 1. The van der Waals surface area contributed by atoms with E-state index < -0.39 is 0 Å². The molecule has 0 radical (unpaired) electrons. The summed E-state index contributed by atoms with van der Waals surface area (Å²) >= 11 is 0. The standard InChI is InChI=1S/C24H28N4O2/c1-17-11-12-18(2)21(15-17)25-22(29)16-28-24(30)20-10-6-5-9-19(20)23(26-28)27-13-7-3-4-8-14-27/h5-6,9-12,15H,3-4,7-8,13-14,16H2,1-2H3,(H,25,29). The van der Waals surface area contributed by atoms with Gasteiger partial charge in [-0.2, -0.15) is 5.10 Å². The number of aryl methyl sites for hydroxylation is 2. The minimum Gasteiger partial charge on any atom is -0.355 e. The van der Waals surface area contributed by atoms with Crippen LogP contribution < -0.4 is 15.8 Å². The molecule has 4 rings (SSSR count). The van der Waals surface area contributed by atoms with Crippen molar-refractivity contribution in [1.82, 2.24) is 9.78 Å². The lowest BCUT2D eigenvalue weighted by Crippen LogP contribution is -2.33. The molecular weight excluding hydrogens is 376 g/mol. The van der Waals surface area contributed by atoms with Gasteiger partial charge in [-0.15, -0.1) is 0 Å². The van der Waals surface area contributed by atoms with Gasteiger partial charge in [0.1, 0.15) is 6.54 Å². The lowest BCUT2D eigenvalue weighted by atomic mass is 10.1. The number of amides is 1. The zero-order chi connectivity index (χ0) is 21.1. The van der Waals surface area contributed by atoms with Gasteiger partial charge < -0.3 is 10.2 Å². The fourth-order valence-corrected chi connectivity index (χ4v) is 4.04. The fraction of sp³-hybridized carbons (Fsp3) is 0.375. The molecule has 6 heteroatoms. The third-order valence-corrected chi connectivity index (χ3v) is 5.71. The molecule has 0 aliphatic carbocycles. The van der Waals surface area contributed by atoms with Crippen molar-refractivity contribution in [3.8, 4) is 0 Å². The Labute approximate surface area is 176 Å². The highest BCUT2D eigenvalue weighted by Gasteiger charge is 2.19. The van der Waals surface area contributed by atoms with Crippen LogP contribution in [0.25, 0.3) is 10.8 Å². The quantitative estimate of drug-likeness (QED) is 0.713. The average Bonchev–Trinajstić information content (AvgIpc) is 3.02. The van der Waals surface area contributed by atoms with E-state index in [-0.39, 0.29) is 18.0 Å². The predicted octanol–water partition coefficient (Wildman–Crippen LogP) is 4.03. The number of anilines is 2. The van der Waals surface area contributed by atoms with E-state index in [9.17, 15) is 9.59 Å². The third kappa shape index (κ3) is 4.22. The van der Waals surface area contributed by atoms with Gasteiger partial charge in [0.25, 0.3) is 5.56 Å². The van der Waals surface area contributed by atoms with Crippen LogP contribution in [-0.4, -0.2) is 28.8 Å². The third-order valence-electron chi connectivity index (χ3n) is 5.71. The highest BCUT2D eigenvalue weighted by Crippen LogP contribution is 2.24. The molecule has 1 fully saturated rings. The zero-order valence-corrected chi connectivity index (χ0v) is 17.6. The van der Waals surface area contributed by atoms with Crippen LogP contribution in [-0.2, 0) is 11.3 Å². The summed E-state index contributed by atoms with van der Waals surface area (Å²) in [6, 6.07) is 13.5. The highest BCUT2D eigenvalue weighted by molar-refractivity contribution is 5.93. The average molecular weight is 405 g/mol. The first-order chi connectivity index (χ1) is 14.5. The van der Waals surface area contributed by atoms with E-state index in [0.717, 1.165) is 53.9 Å². The van der Waals surface area contributed by atoms with E-state index in [2.05, 4.69) is 15.3 Å². The van der Waals surface area contributed by atoms with Gasteiger partial charge in [-0.1, -0.05) is 43.2 Å². The Hall–Kier alpha value is -3.15. The van der Waals surface area contributed by atoms with E-state index in [1.54, 1.807) is 0 Å². The van der Waals surface area contributed by atoms with Crippen molar-refractivity contribution in [2.45, 2.75) is 46.1 Å². The van der Waals surface area contributed by atoms with Crippen LogP contribution in [0.1, 0.15) is 36.8 Å². The number of nitrogens with zero attached hydrogens (tertiary/aromatic N) is 3. The zero-order valence-electron chi connectivity index (χ0n) is 17.6. The van der Waals surface area contributed by atoms with Crippen LogP contribution in [0.5, 0.6) is 0 Å². The molecule has 156 valence electrons. The van der Waals surface area contributed by atoms with Crippen LogP contribution in [0, 0.1) is 13.8 Å². The summed E-state index contributed by atoms with van der Waals surface area (Å²) in [6.45, 7) is 5.66. The summed E-state index contributed by atoms with van der Waals surface area (Å²) in [4.78, 5) is 28.1. The molecule has 0 saturated carbocycles. The summed E-state index contributed by atoms with van der Waals surface area (Å²) in [5, 5.41) is 9.05. The van der Waals surface area contributed by atoms with Gasteiger partial charge in [0, 0.05) is 24.2 Å². The molecule has 1 aromatic heterocycles. The Bertz CT molecular complexity index is 1130. The number of benzene rings is 2. The van der Waals surface area contributed by atoms with Crippen molar-refractivity contribution in [2.24, 2.45) is 0 Å². The maximum atomic E-state index is 13.0. The van der Waals surface area contributed by atoms with Gasteiger partial charge in [0.2, 0.25) is 5.91 Å². The predicted molar refractivity (Wildman–Crippen MR) is 121 cm³/mol. The van der Waals surface area contributed by atoms with Crippen molar-refractivity contribution in [3.63, 3.8) is 0 Å².